The number of thiocarbonyl (C=S) groups is 1. The third kappa shape index (κ3) is 4.06. The molecule has 2 N–H and O–H groups in total. The van der Waals surface area contributed by atoms with E-state index in [-0.39, 0.29) is 11.7 Å². The molecule has 112 valence electrons. The first kappa shape index (κ1) is 15.5. The second-order valence-corrected chi connectivity index (χ2v) is 5.82. The summed E-state index contributed by atoms with van der Waals surface area (Å²) in [5.74, 6) is 0. The van der Waals surface area contributed by atoms with E-state index < -0.39 is 4.92 Å². The third-order valence-corrected chi connectivity index (χ3v) is 3.75. The first-order valence-electron chi connectivity index (χ1n) is 6.11. The van der Waals surface area contributed by atoms with Crippen LogP contribution in [0.1, 0.15) is 6.92 Å². The Bertz CT molecular complexity index is 674. The summed E-state index contributed by atoms with van der Waals surface area (Å²) in [6.07, 6.45) is 0. The number of anilines is 1. The zero-order valence-electron chi connectivity index (χ0n) is 11.5. The maximum absolute atomic E-state index is 10.7. The zero-order valence-corrected chi connectivity index (χ0v) is 13.1. The molecule has 0 radical (unpaired) electrons. The Hall–Kier alpha value is -1.84. The molecule has 0 saturated heterocycles. The highest BCUT2D eigenvalue weighted by Gasteiger charge is 2.11. The highest BCUT2D eigenvalue weighted by atomic mass is 32.1. The number of fused-ring (bicyclic) bond motifs is 1. The van der Waals surface area contributed by atoms with Crippen LogP contribution in [0.15, 0.2) is 18.2 Å². The predicted molar refractivity (Wildman–Crippen MR) is 87.0 cm³/mol. The van der Waals surface area contributed by atoms with Crippen LogP contribution in [0.5, 0.6) is 0 Å². The van der Waals surface area contributed by atoms with Gasteiger partial charge in [-0.25, -0.2) is 4.98 Å². The molecule has 0 aliphatic heterocycles. The molecule has 9 heteroatoms. The van der Waals surface area contributed by atoms with E-state index in [4.69, 9.17) is 17.0 Å². The normalized spacial score (nSPS) is 12.1. The van der Waals surface area contributed by atoms with Gasteiger partial charge < -0.3 is 15.4 Å². The number of methoxy groups -OCH3 is 1. The number of nitro benzene ring substituents is 1. The van der Waals surface area contributed by atoms with Gasteiger partial charge in [-0.15, -0.1) is 0 Å². The summed E-state index contributed by atoms with van der Waals surface area (Å²) in [5.41, 5.74) is 0.743. The van der Waals surface area contributed by atoms with E-state index in [9.17, 15) is 10.1 Å². The minimum Gasteiger partial charge on any atom is -0.383 e. The molecule has 0 saturated carbocycles. The molecule has 21 heavy (non-hydrogen) atoms. The van der Waals surface area contributed by atoms with Crippen LogP contribution in [0.3, 0.4) is 0 Å². The van der Waals surface area contributed by atoms with Gasteiger partial charge in [0, 0.05) is 25.3 Å². The highest BCUT2D eigenvalue weighted by Crippen LogP contribution is 2.29. The lowest BCUT2D eigenvalue weighted by Crippen LogP contribution is -2.38. The van der Waals surface area contributed by atoms with Gasteiger partial charge in [-0.1, -0.05) is 11.3 Å². The van der Waals surface area contributed by atoms with Crippen molar-refractivity contribution in [2.45, 2.75) is 13.0 Å². The number of ether oxygens (including phenoxy) is 1. The van der Waals surface area contributed by atoms with E-state index in [1.165, 1.54) is 23.5 Å². The van der Waals surface area contributed by atoms with Gasteiger partial charge >= 0.3 is 0 Å². The summed E-state index contributed by atoms with van der Waals surface area (Å²) >= 11 is 6.49. The fraction of sp³-hybridized carbons (Fsp3) is 0.333. The Morgan fingerprint density at radius 1 is 1.62 bits per heavy atom. The Morgan fingerprint density at radius 3 is 3.05 bits per heavy atom. The summed E-state index contributed by atoms with van der Waals surface area (Å²) in [6, 6.07) is 4.63. The largest absolute Gasteiger partial charge is 0.383 e. The molecule has 1 unspecified atom stereocenters. The lowest BCUT2D eigenvalue weighted by atomic mass is 10.3. The third-order valence-electron chi connectivity index (χ3n) is 2.60. The summed E-state index contributed by atoms with van der Waals surface area (Å²) in [4.78, 5) is 14.7. The molecule has 1 aromatic carbocycles. The first-order valence-corrected chi connectivity index (χ1v) is 7.33. The molecule has 0 fully saturated rings. The van der Waals surface area contributed by atoms with Crippen LogP contribution in [-0.4, -0.2) is 34.8 Å². The zero-order chi connectivity index (χ0) is 15.4. The predicted octanol–water partition coefficient (Wildman–Crippen LogP) is 2.53. The fourth-order valence-electron chi connectivity index (χ4n) is 1.73. The lowest BCUT2D eigenvalue weighted by molar-refractivity contribution is -0.384. The van der Waals surface area contributed by atoms with Crippen molar-refractivity contribution in [1.82, 2.24) is 10.3 Å². The van der Waals surface area contributed by atoms with Gasteiger partial charge in [0.15, 0.2) is 10.2 Å². The minimum absolute atomic E-state index is 0.0483. The number of nitrogens with one attached hydrogen (secondary N) is 2. The molecule has 0 aliphatic carbocycles. The summed E-state index contributed by atoms with van der Waals surface area (Å²) in [7, 11) is 1.62. The molecule has 0 spiro atoms. The fourth-order valence-corrected chi connectivity index (χ4v) is 2.99. The first-order chi connectivity index (χ1) is 9.99. The molecular weight excluding hydrogens is 312 g/mol. The van der Waals surface area contributed by atoms with Crippen molar-refractivity contribution >= 4 is 49.7 Å². The smallest absolute Gasteiger partial charge is 0.270 e. The number of hydrogen-bond acceptors (Lipinski definition) is 6. The maximum Gasteiger partial charge on any atom is 0.270 e. The standard InChI is InChI=1S/C12H14N4O3S2/c1-7(6-19-2)13-11(20)15-12-14-9-4-3-8(16(17)18)5-10(9)21-12/h3-5,7H,6H2,1-2H3,(H2,13,14,15,20). The molecular formula is C12H14N4O3S2. The van der Waals surface area contributed by atoms with E-state index in [0.717, 1.165) is 4.70 Å². The van der Waals surface area contributed by atoms with Gasteiger partial charge in [0.2, 0.25) is 0 Å². The van der Waals surface area contributed by atoms with Crippen molar-refractivity contribution < 1.29 is 9.66 Å². The van der Waals surface area contributed by atoms with Crippen molar-refractivity contribution in [2.75, 3.05) is 19.0 Å². The number of thiazole rings is 1. The lowest BCUT2D eigenvalue weighted by Gasteiger charge is -2.14. The number of aromatic nitrogens is 1. The van der Waals surface area contributed by atoms with Crippen molar-refractivity contribution in [3.05, 3.63) is 28.3 Å². The molecule has 1 aromatic heterocycles. The van der Waals surface area contributed by atoms with Gasteiger partial charge in [0.05, 0.1) is 21.7 Å². The number of nitrogens with zero attached hydrogens (tertiary/aromatic N) is 2. The molecule has 1 heterocycles. The maximum atomic E-state index is 10.7. The van der Waals surface area contributed by atoms with Gasteiger partial charge in [-0.3, -0.25) is 10.1 Å². The Labute approximate surface area is 130 Å². The van der Waals surface area contributed by atoms with Crippen LogP contribution in [0.4, 0.5) is 10.8 Å². The molecule has 2 rings (SSSR count). The molecule has 7 nitrogen and oxygen atoms in total. The van der Waals surface area contributed by atoms with Crippen LogP contribution < -0.4 is 10.6 Å². The Morgan fingerprint density at radius 2 is 2.38 bits per heavy atom. The van der Waals surface area contributed by atoms with Crippen LogP contribution in [0, 0.1) is 10.1 Å². The van der Waals surface area contributed by atoms with Crippen LogP contribution in [-0.2, 0) is 4.74 Å². The van der Waals surface area contributed by atoms with E-state index >= 15 is 0 Å². The number of non-ortho nitro benzene ring substituents is 1. The van der Waals surface area contributed by atoms with Crippen molar-refractivity contribution in [2.24, 2.45) is 0 Å². The number of rotatable bonds is 5. The van der Waals surface area contributed by atoms with E-state index in [0.29, 0.717) is 22.4 Å². The monoisotopic (exact) mass is 326 g/mol. The summed E-state index contributed by atoms with van der Waals surface area (Å²) in [6.45, 7) is 2.48. The Balaban J connectivity index is 2.09. The van der Waals surface area contributed by atoms with Gasteiger partial charge in [-0.05, 0) is 25.2 Å². The van der Waals surface area contributed by atoms with Gasteiger partial charge in [0.25, 0.3) is 5.69 Å². The van der Waals surface area contributed by atoms with Crippen molar-refractivity contribution in [3.8, 4) is 0 Å². The number of hydrogen-bond donors (Lipinski definition) is 2. The van der Waals surface area contributed by atoms with Crippen molar-refractivity contribution in [3.63, 3.8) is 0 Å². The summed E-state index contributed by atoms with van der Waals surface area (Å²) < 4.78 is 5.75. The number of benzene rings is 1. The molecule has 1 atom stereocenters. The number of nitro groups is 1. The van der Waals surface area contributed by atoms with Crippen LogP contribution in [0.2, 0.25) is 0 Å². The topological polar surface area (TPSA) is 89.3 Å². The second-order valence-electron chi connectivity index (χ2n) is 4.38. The molecule has 0 aliphatic rings. The average molecular weight is 326 g/mol. The SMILES string of the molecule is COCC(C)NC(=S)Nc1nc2ccc([N+](=O)[O-])cc2s1. The molecule has 2 aromatic rings. The van der Waals surface area contributed by atoms with E-state index in [1.807, 2.05) is 6.92 Å². The summed E-state index contributed by atoms with van der Waals surface area (Å²) in [5, 5.41) is 17.8. The van der Waals surface area contributed by atoms with Crippen molar-refractivity contribution in [1.29, 1.82) is 0 Å². The average Bonchev–Trinajstić information content (AvgIpc) is 2.79. The minimum atomic E-state index is -0.426. The van der Waals surface area contributed by atoms with Gasteiger partial charge in [-0.2, -0.15) is 0 Å². The van der Waals surface area contributed by atoms with Gasteiger partial charge in [0.1, 0.15) is 0 Å². The van der Waals surface area contributed by atoms with Crippen LogP contribution in [0.25, 0.3) is 10.2 Å². The molecule has 0 bridgehead atoms. The van der Waals surface area contributed by atoms with Crippen LogP contribution >= 0.6 is 23.6 Å². The molecule has 0 amide bonds. The Kier molecular flexibility index (Phi) is 4.99. The van der Waals surface area contributed by atoms with E-state index in [2.05, 4.69) is 15.6 Å². The highest BCUT2D eigenvalue weighted by molar-refractivity contribution is 7.80. The second kappa shape index (κ2) is 6.74. The van der Waals surface area contributed by atoms with E-state index in [1.54, 1.807) is 13.2 Å². The quantitative estimate of drug-likeness (QED) is 0.496.